The molecule has 4 heteroatoms. The number of allylic oxidation sites excluding steroid dienone is 3. The van der Waals surface area contributed by atoms with Gasteiger partial charge in [0.15, 0.2) is 18.0 Å². The van der Waals surface area contributed by atoms with Crippen molar-refractivity contribution in [3.05, 3.63) is 72.4 Å². The fourth-order valence-electron chi connectivity index (χ4n) is 2.04. The summed E-state index contributed by atoms with van der Waals surface area (Å²) in [6.45, 7) is 5.84. The van der Waals surface area contributed by atoms with E-state index in [1.807, 2.05) is 67.4 Å². The van der Waals surface area contributed by atoms with Crippen LogP contribution >= 0.6 is 0 Å². The van der Waals surface area contributed by atoms with Gasteiger partial charge in [-0.05, 0) is 12.5 Å². The van der Waals surface area contributed by atoms with Gasteiger partial charge in [-0.2, -0.15) is 4.99 Å². The molecular weight excluding hydrogens is 260 g/mol. The zero-order valence-electron chi connectivity index (χ0n) is 12.4. The molecule has 0 saturated heterocycles. The Morgan fingerprint density at radius 1 is 1.33 bits per heavy atom. The largest absolute Gasteiger partial charge is 0.369 e. The molecule has 0 bridgehead atoms. The number of amidine groups is 1. The molecule has 1 atom stereocenters. The minimum absolute atomic E-state index is 0.216. The maximum absolute atomic E-state index is 6.03. The third kappa shape index (κ3) is 3.28. The fraction of sp³-hybridized carbons (Fsp3) is 0.176. The second kappa shape index (κ2) is 6.70. The van der Waals surface area contributed by atoms with Crippen LogP contribution in [-0.2, 0) is 0 Å². The number of hydrogen-bond donors (Lipinski definition) is 1. The Morgan fingerprint density at radius 2 is 2.05 bits per heavy atom. The molecule has 0 saturated carbocycles. The Hall–Kier alpha value is -2.62. The highest BCUT2D eigenvalue weighted by Gasteiger charge is 2.24. The molecule has 2 rings (SSSR count). The van der Waals surface area contributed by atoms with Crippen LogP contribution in [0.2, 0.25) is 0 Å². The van der Waals surface area contributed by atoms with E-state index < -0.39 is 0 Å². The van der Waals surface area contributed by atoms with Crippen molar-refractivity contribution >= 4 is 11.8 Å². The zero-order valence-corrected chi connectivity index (χ0v) is 12.4. The Balaban J connectivity index is 2.44. The minimum Gasteiger partial charge on any atom is -0.369 e. The van der Waals surface area contributed by atoms with Gasteiger partial charge in [0.25, 0.3) is 0 Å². The average molecular weight is 280 g/mol. The van der Waals surface area contributed by atoms with E-state index in [1.54, 1.807) is 6.08 Å². The molecule has 2 N–H and O–H groups in total. The lowest BCUT2D eigenvalue weighted by Gasteiger charge is -2.30. The molecular formula is C17H20N4. The monoisotopic (exact) mass is 280 g/mol. The van der Waals surface area contributed by atoms with Crippen LogP contribution in [0.15, 0.2) is 76.8 Å². The van der Waals surface area contributed by atoms with Crippen molar-refractivity contribution in [3.8, 4) is 0 Å². The van der Waals surface area contributed by atoms with Gasteiger partial charge in [0, 0.05) is 12.6 Å². The van der Waals surface area contributed by atoms with Gasteiger partial charge >= 0.3 is 0 Å². The number of guanidine groups is 1. The maximum Gasteiger partial charge on any atom is 0.199 e. The van der Waals surface area contributed by atoms with Crippen molar-refractivity contribution in [3.63, 3.8) is 0 Å². The van der Waals surface area contributed by atoms with Crippen molar-refractivity contribution in [2.45, 2.75) is 13.1 Å². The van der Waals surface area contributed by atoms with Crippen molar-refractivity contribution < 1.29 is 0 Å². The molecule has 1 aliphatic rings. The van der Waals surface area contributed by atoms with Gasteiger partial charge in [0.1, 0.15) is 0 Å². The summed E-state index contributed by atoms with van der Waals surface area (Å²) in [5, 5.41) is 0. The third-order valence-electron chi connectivity index (χ3n) is 3.24. The highest BCUT2D eigenvalue weighted by atomic mass is 15.4. The smallest absolute Gasteiger partial charge is 0.199 e. The molecule has 1 aromatic rings. The van der Waals surface area contributed by atoms with Gasteiger partial charge in [-0.3, -0.25) is 0 Å². The maximum atomic E-state index is 6.03. The highest BCUT2D eigenvalue weighted by Crippen LogP contribution is 2.18. The lowest BCUT2D eigenvalue weighted by molar-refractivity contribution is 0.416. The molecule has 0 aromatic heterocycles. The van der Waals surface area contributed by atoms with Crippen molar-refractivity contribution in [1.29, 1.82) is 0 Å². The van der Waals surface area contributed by atoms with Gasteiger partial charge in [0.2, 0.25) is 0 Å². The third-order valence-corrected chi connectivity index (χ3v) is 3.24. The van der Waals surface area contributed by atoms with E-state index in [2.05, 4.69) is 11.6 Å². The summed E-state index contributed by atoms with van der Waals surface area (Å²) in [7, 11) is 1.88. The highest BCUT2D eigenvalue weighted by molar-refractivity contribution is 6.07. The molecule has 0 aliphatic carbocycles. The van der Waals surface area contributed by atoms with Crippen LogP contribution in [0.5, 0.6) is 0 Å². The minimum atomic E-state index is -0.216. The van der Waals surface area contributed by atoms with Crippen LogP contribution < -0.4 is 5.73 Å². The van der Waals surface area contributed by atoms with Gasteiger partial charge in [-0.25, -0.2) is 4.99 Å². The Labute approximate surface area is 125 Å². The number of benzene rings is 1. The summed E-state index contributed by atoms with van der Waals surface area (Å²) in [5.74, 6) is 1.09. The first-order chi connectivity index (χ1) is 10.2. The second-order valence-electron chi connectivity index (χ2n) is 4.67. The van der Waals surface area contributed by atoms with Gasteiger partial charge < -0.3 is 10.6 Å². The summed E-state index contributed by atoms with van der Waals surface area (Å²) < 4.78 is 0. The van der Waals surface area contributed by atoms with E-state index in [0.29, 0.717) is 11.8 Å². The molecule has 0 radical (unpaired) electrons. The second-order valence-corrected chi connectivity index (χ2v) is 4.67. The number of hydrogen-bond acceptors (Lipinski definition) is 4. The zero-order chi connectivity index (χ0) is 15.2. The molecule has 1 aliphatic heterocycles. The summed E-state index contributed by atoms with van der Waals surface area (Å²) >= 11 is 0. The summed E-state index contributed by atoms with van der Waals surface area (Å²) in [6, 6.07) is 9.83. The van der Waals surface area contributed by atoms with Crippen LogP contribution in [0.1, 0.15) is 12.5 Å². The molecule has 0 fully saturated rings. The molecule has 0 spiro atoms. The number of nitrogens with two attached hydrogens (primary N) is 1. The number of likely N-dealkylation sites (N-methyl/N-ethyl adjacent to an activating group) is 1. The summed E-state index contributed by atoms with van der Waals surface area (Å²) in [6.07, 6.45) is 7.49. The van der Waals surface area contributed by atoms with E-state index in [0.717, 1.165) is 11.1 Å². The van der Waals surface area contributed by atoms with Crippen LogP contribution in [0.3, 0.4) is 0 Å². The predicted molar refractivity (Wildman–Crippen MR) is 89.2 cm³/mol. The first-order valence-electron chi connectivity index (χ1n) is 6.83. The standard InChI is InChI=1S/C17H20N4/c1-4-6-10-13(5-2)16-19-15(20-17(18)21(16)3)14-11-8-7-9-12-14/h4-12,16H,2H2,1,3H3,(H2,18,19,20)/b6-4-,13-10+. The van der Waals surface area contributed by atoms with Crippen molar-refractivity contribution in [2.75, 3.05) is 7.05 Å². The molecule has 4 nitrogen and oxygen atoms in total. The topological polar surface area (TPSA) is 54.0 Å². The van der Waals surface area contributed by atoms with Gasteiger partial charge in [-0.15, -0.1) is 0 Å². The molecule has 1 unspecified atom stereocenters. The number of aliphatic imine (C=N–C) groups is 2. The van der Waals surface area contributed by atoms with E-state index in [1.165, 1.54) is 0 Å². The summed E-state index contributed by atoms with van der Waals surface area (Å²) in [4.78, 5) is 10.9. The normalized spacial score (nSPS) is 19.4. The predicted octanol–water partition coefficient (Wildman–Crippen LogP) is 2.71. The van der Waals surface area contributed by atoms with Gasteiger partial charge in [-0.1, -0.05) is 61.2 Å². The molecule has 21 heavy (non-hydrogen) atoms. The van der Waals surface area contributed by atoms with Crippen LogP contribution in [0.4, 0.5) is 0 Å². The van der Waals surface area contributed by atoms with Crippen molar-refractivity contribution in [1.82, 2.24) is 4.90 Å². The lowest BCUT2D eigenvalue weighted by atomic mass is 10.1. The first-order valence-corrected chi connectivity index (χ1v) is 6.83. The Bertz CT molecular complexity index is 623. The molecule has 1 heterocycles. The molecule has 108 valence electrons. The Kier molecular flexibility index (Phi) is 4.72. The van der Waals surface area contributed by atoms with E-state index in [4.69, 9.17) is 10.7 Å². The van der Waals surface area contributed by atoms with Crippen LogP contribution in [0, 0.1) is 0 Å². The fourth-order valence-corrected chi connectivity index (χ4v) is 2.04. The Morgan fingerprint density at radius 3 is 2.67 bits per heavy atom. The van der Waals surface area contributed by atoms with Crippen LogP contribution in [0.25, 0.3) is 0 Å². The molecule has 0 amide bonds. The summed E-state index contributed by atoms with van der Waals surface area (Å²) in [5.41, 5.74) is 7.96. The quantitative estimate of drug-likeness (QED) is 0.862. The average Bonchev–Trinajstić information content (AvgIpc) is 2.52. The van der Waals surface area contributed by atoms with Crippen molar-refractivity contribution in [2.24, 2.45) is 15.7 Å². The van der Waals surface area contributed by atoms with Gasteiger partial charge in [0.05, 0.1) is 0 Å². The molecule has 1 aromatic carbocycles. The number of nitrogens with zero attached hydrogens (tertiary/aromatic N) is 3. The lowest BCUT2D eigenvalue weighted by Crippen LogP contribution is -2.45. The first kappa shape index (κ1) is 14.8. The van der Waals surface area contributed by atoms with E-state index >= 15 is 0 Å². The number of rotatable bonds is 4. The van der Waals surface area contributed by atoms with Crippen LogP contribution in [-0.4, -0.2) is 29.9 Å². The van der Waals surface area contributed by atoms with E-state index in [-0.39, 0.29) is 6.17 Å². The van der Waals surface area contributed by atoms with E-state index in [9.17, 15) is 0 Å². The SMILES string of the molecule is C=C/C(=C\C=C/C)C1N=C(c2ccccc2)N=C(N)N1C.